The van der Waals surface area contributed by atoms with Crippen LogP contribution >= 0.6 is 11.8 Å². The summed E-state index contributed by atoms with van der Waals surface area (Å²) in [5, 5.41) is 15.0. The number of carbonyl (C=O) groups is 1. The van der Waals surface area contributed by atoms with Gasteiger partial charge in [-0.3, -0.25) is 4.79 Å². The number of hydrogen-bond donors (Lipinski definition) is 1. The molecule has 1 aliphatic carbocycles. The Kier molecular flexibility index (Phi) is 4.93. The van der Waals surface area contributed by atoms with Crippen LogP contribution in [0.2, 0.25) is 0 Å². The van der Waals surface area contributed by atoms with Gasteiger partial charge < -0.3 is 9.88 Å². The number of thioether (sulfide) groups is 1. The number of rotatable bonds is 7. The number of hydrogen-bond acceptors (Lipinski definition) is 4. The van der Waals surface area contributed by atoms with E-state index in [0.29, 0.717) is 11.8 Å². The van der Waals surface area contributed by atoms with Crippen LogP contribution in [0, 0.1) is 0 Å². The largest absolute Gasteiger partial charge is 0.353 e. The maximum Gasteiger partial charge on any atom is 0.230 e. The highest BCUT2D eigenvalue weighted by molar-refractivity contribution is 7.99. The topological polar surface area (TPSA) is 59.8 Å². The van der Waals surface area contributed by atoms with Gasteiger partial charge in [-0.1, -0.05) is 54.2 Å². The first kappa shape index (κ1) is 17.1. The van der Waals surface area contributed by atoms with E-state index in [1.165, 1.54) is 28.1 Å². The normalized spacial score (nSPS) is 13.9. The van der Waals surface area contributed by atoms with Gasteiger partial charge in [-0.15, -0.1) is 10.2 Å². The van der Waals surface area contributed by atoms with Gasteiger partial charge in [-0.25, -0.2) is 0 Å². The van der Waals surface area contributed by atoms with E-state index in [9.17, 15) is 4.79 Å². The third kappa shape index (κ3) is 3.75. The van der Waals surface area contributed by atoms with Crippen LogP contribution < -0.4 is 5.32 Å². The molecule has 134 valence electrons. The Labute approximate surface area is 157 Å². The maximum absolute atomic E-state index is 11.9. The molecule has 0 atom stereocenters. The highest BCUT2D eigenvalue weighted by atomic mass is 32.2. The lowest BCUT2D eigenvalue weighted by molar-refractivity contribution is -0.118. The van der Waals surface area contributed by atoms with E-state index in [-0.39, 0.29) is 5.91 Å². The zero-order valence-electron chi connectivity index (χ0n) is 14.8. The lowest BCUT2D eigenvalue weighted by Crippen LogP contribution is -2.27. The second kappa shape index (κ2) is 7.50. The molecule has 1 heterocycles. The molecular weight excluding hydrogens is 344 g/mol. The number of carbonyl (C=O) groups excluding carboxylic acids is 1. The summed E-state index contributed by atoms with van der Waals surface area (Å²) in [6, 6.07) is 15.2. The average molecular weight is 366 g/mol. The van der Waals surface area contributed by atoms with Crippen molar-refractivity contribution in [2.45, 2.75) is 43.9 Å². The summed E-state index contributed by atoms with van der Waals surface area (Å²) in [5.74, 6) is 1.41. The van der Waals surface area contributed by atoms with Crippen molar-refractivity contribution in [1.29, 1.82) is 0 Å². The van der Waals surface area contributed by atoms with Crippen LogP contribution in [0.25, 0.3) is 10.8 Å². The smallest absolute Gasteiger partial charge is 0.230 e. The second-order valence-electron chi connectivity index (χ2n) is 6.59. The number of amides is 1. The zero-order valence-corrected chi connectivity index (χ0v) is 15.6. The summed E-state index contributed by atoms with van der Waals surface area (Å²) in [7, 11) is 0. The van der Waals surface area contributed by atoms with E-state index in [0.717, 1.165) is 36.8 Å². The van der Waals surface area contributed by atoms with E-state index in [4.69, 9.17) is 0 Å². The van der Waals surface area contributed by atoms with Crippen LogP contribution in [-0.4, -0.2) is 32.5 Å². The van der Waals surface area contributed by atoms with Crippen LogP contribution in [0.15, 0.2) is 47.6 Å². The molecule has 0 bridgehead atoms. The van der Waals surface area contributed by atoms with E-state index in [1.807, 2.05) is 0 Å². The zero-order chi connectivity index (χ0) is 17.9. The standard InChI is InChI=1S/C20H22N4OS/c1-2-24-18(12-15-8-5-7-14-6-3-4-9-17(14)15)22-23-20(24)26-13-19(25)21-16-10-11-16/h3-9,16H,2,10-13H2,1H3,(H,21,25). The molecule has 2 aromatic carbocycles. The van der Waals surface area contributed by atoms with Gasteiger partial charge in [0, 0.05) is 19.0 Å². The fourth-order valence-electron chi connectivity index (χ4n) is 3.12. The molecule has 0 aliphatic heterocycles. The van der Waals surface area contributed by atoms with Gasteiger partial charge in [0.25, 0.3) is 0 Å². The molecule has 1 saturated carbocycles. The molecule has 1 aromatic heterocycles. The minimum atomic E-state index is 0.0822. The summed E-state index contributed by atoms with van der Waals surface area (Å²) in [6.45, 7) is 2.88. The Morgan fingerprint density at radius 2 is 2.00 bits per heavy atom. The molecule has 1 amide bonds. The maximum atomic E-state index is 11.9. The quantitative estimate of drug-likeness (QED) is 0.651. The van der Waals surface area contributed by atoms with Crippen molar-refractivity contribution in [2.24, 2.45) is 0 Å². The van der Waals surface area contributed by atoms with Crippen LogP contribution in [0.4, 0.5) is 0 Å². The van der Waals surface area contributed by atoms with E-state index in [1.54, 1.807) is 0 Å². The SMILES string of the molecule is CCn1c(Cc2cccc3ccccc23)nnc1SCC(=O)NC1CC1. The first-order valence-corrected chi connectivity index (χ1v) is 10.0. The number of fused-ring (bicyclic) bond motifs is 1. The van der Waals surface area contributed by atoms with Gasteiger partial charge in [0.2, 0.25) is 5.91 Å². The van der Waals surface area contributed by atoms with E-state index < -0.39 is 0 Å². The van der Waals surface area contributed by atoms with Crippen molar-refractivity contribution in [3.63, 3.8) is 0 Å². The van der Waals surface area contributed by atoms with Gasteiger partial charge in [0.1, 0.15) is 5.82 Å². The summed E-state index contributed by atoms with van der Waals surface area (Å²) < 4.78 is 2.11. The minimum Gasteiger partial charge on any atom is -0.353 e. The molecule has 6 heteroatoms. The summed E-state index contributed by atoms with van der Waals surface area (Å²) in [6.07, 6.45) is 2.95. The number of benzene rings is 2. The first-order valence-electron chi connectivity index (χ1n) is 9.05. The van der Waals surface area contributed by atoms with Gasteiger partial charge >= 0.3 is 0 Å². The molecule has 1 aliphatic rings. The predicted octanol–water partition coefficient (Wildman–Crippen LogP) is 3.41. The molecular formula is C20H22N4OS. The molecule has 0 radical (unpaired) electrons. The van der Waals surface area contributed by atoms with Gasteiger partial charge in [0.05, 0.1) is 5.75 Å². The molecule has 1 fully saturated rings. The van der Waals surface area contributed by atoms with Crippen molar-refractivity contribution >= 4 is 28.4 Å². The van der Waals surface area contributed by atoms with Crippen LogP contribution in [0.5, 0.6) is 0 Å². The molecule has 26 heavy (non-hydrogen) atoms. The molecule has 0 unspecified atom stereocenters. The minimum absolute atomic E-state index is 0.0822. The van der Waals surface area contributed by atoms with Crippen LogP contribution in [0.3, 0.4) is 0 Å². The van der Waals surface area contributed by atoms with Crippen molar-refractivity contribution in [3.05, 3.63) is 53.9 Å². The molecule has 0 saturated heterocycles. The fraction of sp³-hybridized carbons (Fsp3) is 0.350. The summed E-state index contributed by atoms with van der Waals surface area (Å²) in [4.78, 5) is 11.9. The second-order valence-corrected chi connectivity index (χ2v) is 7.53. The van der Waals surface area contributed by atoms with Gasteiger partial charge in [0.15, 0.2) is 5.16 Å². The van der Waals surface area contributed by atoms with Crippen molar-refractivity contribution < 1.29 is 4.79 Å². The van der Waals surface area contributed by atoms with Crippen molar-refractivity contribution in [2.75, 3.05) is 5.75 Å². The monoisotopic (exact) mass is 366 g/mol. The fourth-order valence-corrected chi connectivity index (χ4v) is 3.95. The van der Waals surface area contributed by atoms with Gasteiger partial charge in [-0.2, -0.15) is 0 Å². The molecule has 4 rings (SSSR count). The molecule has 0 spiro atoms. The number of nitrogens with zero attached hydrogens (tertiary/aromatic N) is 3. The van der Waals surface area contributed by atoms with Crippen molar-refractivity contribution in [3.8, 4) is 0 Å². The Bertz CT molecular complexity index is 927. The molecule has 5 nitrogen and oxygen atoms in total. The Morgan fingerprint density at radius 3 is 2.81 bits per heavy atom. The first-order chi connectivity index (χ1) is 12.7. The Hall–Kier alpha value is -2.34. The van der Waals surface area contributed by atoms with E-state index >= 15 is 0 Å². The summed E-state index contributed by atoms with van der Waals surface area (Å²) in [5.41, 5.74) is 1.24. The van der Waals surface area contributed by atoms with Gasteiger partial charge in [-0.05, 0) is 36.1 Å². The average Bonchev–Trinajstić information content (AvgIpc) is 3.39. The highest BCUT2D eigenvalue weighted by Crippen LogP contribution is 2.24. The Balaban J connectivity index is 1.51. The lowest BCUT2D eigenvalue weighted by Gasteiger charge is -2.09. The predicted molar refractivity (Wildman–Crippen MR) is 104 cm³/mol. The molecule has 3 aromatic rings. The van der Waals surface area contributed by atoms with Crippen LogP contribution in [-0.2, 0) is 17.8 Å². The van der Waals surface area contributed by atoms with Crippen LogP contribution in [0.1, 0.15) is 31.2 Å². The third-order valence-corrected chi connectivity index (χ3v) is 5.58. The third-order valence-electron chi connectivity index (χ3n) is 4.61. The number of aromatic nitrogens is 3. The van der Waals surface area contributed by atoms with E-state index in [2.05, 4.69) is 69.5 Å². The Morgan fingerprint density at radius 1 is 1.19 bits per heavy atom. The molecule has 1 N–H and O–H groups in total. The lowest BCUT2D eigenvalue weighted by atomic mass is 10.0. The summed E-state index contributed by atoms with van der Waals surface area (Å²) >= 11 is 1.46. The highest BCUT2D eigenvalue weighted by Gasteiger charge is 2.23. The number of nitrogens with one attached hydrogen (secondary N) is 1. The van der Waals surface area contributed by atoms with Crippen molar-refractivity contribution in [1.82, 2.24) is 20.1 Å².